The number of carbonyl (C=O) groups is 1. The smallest absolute Gasteiger partial charge is 0.189 e. The third-order valence-electron chi connectivity index (χ3n) is 3.38. The molecule has 0 N–H and O–H groups in total. The zero-order valence-corrected chi connectivity index (χ0v) is 14.5. The standard InChI is InChI=1S/C18H18O5S/c1-22-16-12-18(24(3,20)21)17(23-2)11-14(16)15(19)10-9-13-7-5-4-6-8-13/h4-12H,1-3H3. The van der Waals surface area contributed by atoms with E-state index >= 15 is 0 Å². The second-order valence-electron chi connectivity index (χ2n) is 5.08. The minimum atomic E-state index is -3.51. The van der Waals surface area contributed by atoms with Gasteiger partial charge in [-0.3, -0.25) is 4.79 Å². The first kappa shape index (κ1) is 17.7. The Kier molecular flexibility index (Phi) is 5.41. The molecule has 0 unspecified atom stereocenters. The van der Waals surface area contributed by atoms with Crippen molar-refractivity contribution in [1.29, 1.82) is 0 Å². The number of hydrogen-bond donors (Lipinski definition) is 0. The third kappa shape index (κ3) is 4.02. The third-order valence-corrected chi connectivity index (χ3v) is 4.50. The van der Waals surface area contributed by atoms with Gasteiger partial charge in [0.2, 0.25) is 0 Å². The second kappa shape index (κ2) is 7.31. The van der Waals surface area contributed by atoms with Gasteiger partial charge in [-0.2, -0.15) is 0 Å². The van der Waals surface area contributed by atoms with Gasteiger partial charge in [0, 0.05) is 12.3 Å². The maximum atomic E-state index is 12.5. The van der Waals surface area contributed by atoms with E-state index in [0.29, 0.717) is 0 Å². The molecular formula is C18H18O5S. The van der Waals surface area contributed by atoms with Crippen LogP contribution in [-0.4, -0.2) is 34.7 Å². The molecule has 2 aromatic carbocycles. The molecule has 0 radical (unpaired) electrons. The van der Waals surface area contributed by atoms with Crippen LogP contribution >= 0.6 is 0 Å². The molecule has 0 fully saturated rings. The Labute approximate surface area is 141 Å². The van der Waals surface area contributed by atoms with E-state index in [-0.39, 0.29) is 27.7 Å². The van der Waals surface area contributed by atoms with Crippen molar-refractivity contribution in [2.75, 3.05) is 20.5 Å². The Morgan fingerprint density at radius 3 is 2.17 bits per heavy atom. The van der Waals surface area contributed by atoms with Crippen molar-refractivity contribution < 1.29 is 22.7 Å². The van der Waals surface area contributed by atoms with Crippen molar-refractivity contribution in [1.82, 2.24) is 0 Å². The molecule has 0 heterocycles. The first-order chi connectivity index (χ1) is 11.4. The molecule has 0 bridgehead atoms. The summed E-state index contributed by atoms with van der Waals surface area (Å²) in [6.45, 7) is 0. The molecule has 0 aliphatic carbocycles. The zero-order chi connectivity index (χ0) is 17.7. The summed E-state index contributed by atoms with van der Waals surface area (Å²) in [4.78, 5) is 12.4. The minimum Gasteiger partial charge on any atom is -0.496 e. The van der Waals surface area contributed by atoms with Crippen LogP contribution < -0.4 is 9.47 Å². The molecule has 0 aliphatic heterocycles. The normalized spacial score (nSPS) is 11.5. The van der Waals surface area contributed by atoms with Crippen LogP contribution in [0.1, 0.15) is 15.9 Å². The molecule has 24 heavy (non-hydrogen) atoms. The van der Waals surface area contributed by atoms with E-state index in [0.717, 1.165) is 11.8 Å². The van der Waals surface area contributed by atoms with Crippen molar-refractivity contribution in [3.05, 3.63) is 59.7 Å². The van der Waals surface area contributed by atoms with Gasteiger partial charge in [0.05, 0.1) is 19.8 Å². The van der Waals surface area contributed by atoms with Crippen LogP contribution in [0, 0.1) is 0 Å². The summed E-state index contributed by atoms with van der Waals surface area (Å²) >= 11 is 0. The Balaban J connectivity index is 2.46. The fourth-order valence-electron chi connectivity index (χ4n) is 2.18. The van der Waals surface area contributed by atoms with Crippen molar-refractivity contribution in [2.24, 2.45) is 0 Å². The predicted molar refractivity (Wildman–Crippen MR) is 92.5 cm³/mol. The highest BCUT2D eigenvalue weighted by Crippen LogP contribution is 2.32. The van der Waals surface area contributed by atoms with Crippen LogP contribution in [-0.2, 0) is 9.84 Å². The highest BCUT2D eigenvalue weighted by Gasteiger charge is 2.21. The van der Waals surface area contributed by atoms with Gasteiger partial charge < -0.3 is 9.47 Å². The Hall–Kier alpha value is -2.60. The van der Waals surface area contributed by atoms with Crippen LogP contribution in [0.3, 0.4) is 0 Å². The molecule has 126 valence electrons. The molecule has 0 amide bonds. The number of ether oxygens (including phenoxy) is 2. The summed E-state index contributed by atoms with van der Waals surface area (Å²) < 4.78 is 34.0. The van der Waals surface area contributed by atoms with E-state index in [1.165, 1.54) is 32.4 Å². The average Bonchev–Trinajstić information content (AvgIpc) is 2.58. The summed E-state index contributed by atoms with van der Waals surface area (Å²) in [6.07, 6.45) is 4.16. The van der Waals surface area contributed by atoms with Gasteiger partial charge in [-0.05, 0) is 17.7 Å². The second-order valence-corrected chi connectivity index (χ2v) is 7.07. The molecule has 6 heteroatoms. The number of allylic oxidation sites excluding steroid dienone is 1. The predicted octanol–water partition coefficient (Wildman–Crippen LogP) is 3.00. The molecule has 0 aromatic heterocycles. The molecule has 2 aromatic rings. The summed E-state index contributed by atoms with van der Waals surface area (Å²) in [5.74, 6) is -0.0252. The van der Waals surface area contributed by atoms with Gasteiger partial charge in [-0.15, -0.1) is 0 Å². The van der Waals surface area contributed by atoms with Gasteiger partial charge in [0.15, 0.2) is 15.6 Å². The fraction of sp³-hybridized carbons (Fsp3) is 0.167. The highest BCUT2D eigenvalue weighted by molar-refractivity contribution is 7.90. The number of hydrogen-bond acceptors (Lipinski definition) is 5. The summed E-state index contributed by atoms with van der Waals surface area (Å²) in [7, 11) is -0.778. The van der Waals surface area contributed by atoms with Gasteiger partial charge in [-0.25, -0.2) is 8.42 Å². The largest absolute Gasteiger partial charge is 0.496 e. The van der Waals surface area contributed by atoms with E-state index in [9.17, 15) is 13.2 Å². The molecular weight excluding hydrogens is 328 g/mol. The molecule has 0 saturated heterocycles. The topological polar surface area (TPSA) is 69.7 Å². The van der Waals surface area contributed by atoms with Gasteiger partial charge in [0.25, 0.3) is 0 Å². The minimum absolute atomic E-state index is 0.0227. The first-order valence-electron chi connectivity index (χ1n) is 7.10. The zero-order valence-electron chi connectivity index (χ0n) is 13.6. The first-order valence-corrected chi connectivity index (χ1v) is 8.99. The molecule has 0 saturated carbocycles. The quantitative estimate of drug-likeness (QED) is 0.594. The monoisotopic (exact) mass is 346 g/mol. The molecule has 5 nitrogen and oxygen atoms in total. The lowest BCUT2D eigenvalue weighted by Gasteiger charge is -2.12. The van der Waals surface area contributed by atoms with E-state index in [1.54, 1.807) is 6.08 Å². The van der Waals surface area contributed by atoms with Crippen molar-refractivity contribution in [3.8, 4) is 11.5 Å². The van der Waals surface area contributed by atoms with Crippen molar-refractivity contribution in [2.45, 2.75) is 4.90 Å². The lowest BCUT2D eigenvalue weighted by molar-refractivity contribution is 0.104. The van der Waals surface area contributed by atoms with Crippen LogP contribution in [0.2, 0.25) is 0 Å². The number of rotatable bonds is 6. The van der Waals surface area contributed by atoms with E-state index in [2.05, 4.69) is 0 Å². The fourth-order valence-corrected chi connectivity index (χ4v) is 3.01. The number of carbonyl (C=O) groups excluding carboxylic acids is 1. The Morgan fingerprint density at radius 1 is 1.00 bits per heavy atom. The molecule has 0 atom stereocenters. The summed E-state index contributed by atoms with van der Waals surface area (Å²) in [6, 6.07) is 12.0. The van der Waals surface area contributed by atoms with Crippen LogP contribution in [0.5, 0.6) is 11.5 Å². The van der Waals surface area contributed by atoms with E-state index in [1.807, 2.05) is 30.3 Å². The average molecular weight is 346 g/mol. The number of methoxy groups -OCH3 is 2. The van der Waals surface area contributed by atoms with Crippen LogP contribution in [0.15, 0.2) is 53.4 Å². The van der Waals surface area contributed by atoms with Crippen LogP contribution in [0.4, 0.5) is 0 Å². The van der Waals surface area contributed by atoms with Gasteiger partial charge in [-0.1, -0.05) is 36.4 Å². The summed E-state index contributed by atoms with van der Waals surface area (Å²) in [5.41, 5.74) is 1.11. The molecule has 2 rings (SSSR count). The lowest BCUT2D eigenvalue weighted by atomic mass is 10.1. The van der Waals surface area contributed by atoms with Gasteiger partial charge in [0.1, 0.15) is 16.4 Å². The molecule has 0 spiro atoms. The number of sulfone groups is 1. The summed E-state index contributed by atoms with van der Waals surface area (Å²) in [5, 5.41) is 0. The maximum Gasteiger partial charge on any atom is 0.189 e. The van der Waals surface area contributed by atoms with Crippen molar-refractivity contribution in [3.63, 3.8) is 0 Å². The van der Waals surface area contributed by atoms with Gasteiger partial charge >= 0.3 is 0 Å². The number of benzene rings is 2. The maximum absolute atomic E-state index is 12.5. The Bertz CT molecular complexity index is 868. The SMILES string of the molecule is COc1cc(S(C)(=O)=O)c(OC)cc1C(=O)C=Cc1ccccc1. The van der Waals surface area contributed by atoms with E-state index < -0.39 is 9.84 Å². The lowest BCUT2D eigenvalue weighted by Crippen LogP contribution is -2.06. The van der Waals surface area contributed by atoms with Crippen LogP contribution in [0.25, 0.3) is 6.08 Å². The molecule has 0 aliphatic rings. The van der Waals surface area contributed by atoms with E-state index in [4.69, 9.17) is 9.47 Å². The Morgan fingerprint density at radius 2 is 1.62 bits per heavy atom. The van der Waals surface area contributed by atoms with Crippen molar-refractivity contribution >= 4 is 21.7 Å². The highest BCUT2D eigenvalue weighted by atomic mass is 32.2. The number of ketones is 1.